The van der Waals surface area contributed by atoms with Crippen LogP contribution in [0.1, 0.15) is 30.8 Å². The zero-order valence-electron chi connectivity index (χ0n) is 19.7. The number of amides is 2. The minimum Gasteiger partial charge on any atom is -0.497 e. The Labute approximate surface area is 195 Å². The Balaban J connectivity index is 1.55. The molecule has 1 N–H and O–H groups in total. The molecule has 0 aliphatic carbocycles. The van der Waals surface area contributed by atoms with E-state index >= 15 is 0 Å². The first-order chi connectivity index (χ1) is 16.0. The Morgan fingerprint density at radius 3 is 2.76 bits per heavy atom. The largest absolute Gasteiger partial charge is 0.497 e. The van der Waals surface area contributed by atoms with E-state index in [0.29, 0.717) is 31.1 Å². The second kappa shape index (κ2) is 12.4. The van der Waals surface area contributed by atoms with Crippen LogP contribution in [0.4, 0.5) is 0 Å². The standard InChI is InChI=1S/C24H34N4O5/c1-18(2)17-28(9-7-23(29)25-8-10-27-11-13-32-14-12-27)24(30)21-16-22(33-26-21)19-5-4-6-20(15-19)31-3/h4-6,15-16,18H,7-14,17H2,1-3H3,(H,25,29). The number of hydrogen-bond donors (Lipinski definition) is 1. The molecule has 1 aromatic carbocycles. The molecule has 3 rings (SSSR count). The molecular weight excluding hydrogens is 424 g/mol. The molecule has 0 radical (unpaired) electrons. The molecule has 180 valence electrons. The van der Waals surface area contributed by atoms with E-state index in [1.807, 2.05) is 38.1 Å². The first-order valence-corrected chi connectivity index (χ1v) is 11.4. The van der Waals surface area contributed by atoms with Crippen LogP contribution in [0.15, 0.2) is 34.9 Å². The van der Waals surface area contributed by atoms with E-state index in [1.54, 1.807) is 18.1 Å². The van der Waals surface area contributed by atoms with Crippen molar-refractivity contribution in [1.82, 2.24) is 20.3 Å². The lowest BCUT2D eigenvalue weighted by Crippen LogP contribution is -2.42. The van der Waals surface area contributed by atoms with Gasteiger partial charge in [0.15, 0.2) is 11.5 Å². The molecule has 1 aliphatic heterocycles. The molecule has 0 spiro atoms. The maximum absolute atomic E-state index is 13.1. The third-order valence-electron chi connectivity index (χ3n) is 5.42. The number of carbonyl (C=O) groups is 2. The van der Waals surface area contributed by atoms with Gasteiger partial charge in [0.1, 0.15) is 5.75 Å². The first kappa shape index (κ1) is 24.7. The molecule has 9 heteroatoms. The average Bonchev–Trinajstić information content (AvgIpc) is 3.32. The summed E-state index contributed by atoms with van der Waals surface area (Å²) in [6, 6.07) is 9.00. The van der Waals surface area contributed by atoms with Crippen LogP contribution in [0.5, 0.6) is 5.75 Å². The highest BCUT2D eigenvalue weighted by molar-refractivity contribution is 5.93. The summed E-state index contributed by atoms with van der Waals surface area (Å²) in [5, 5.41) is 6.93. The average molecular weight is 459 g/mol. The Morgan fingerprint density at radius 1 is 1.24 bits per heavy atom. The van der Waals surface area contributed by atoms with Crippen molar-refractivity contribution < 1.29 is 23.6 Å². The fourth-order valence-corrected chi connectivity index (χ4v) is 3.67. The minimum absolute atomic E-state index is 0.0676. The summed E-state index contributed by atoms with van der Waals surface area (Å²) in [5.74, 6) is 1.12. The number of morpholine rings is 1. The summed E-state index contributed by atoms with van der Waals surface area (Å²) in [6.45, 7) is 9.57. The van der Waals surface area contributed by atoms with Crippen LogP contribution in [-0.4, -0.2) is 86.4 Å². The molecule has 9 nitrogen and oxygen atoms in total. The van der Waals surface area contributed by atoms with Gasteiger partial charge in [0.2, 0.25) is 5.91 Å². The van der Waals surface area contributed by atoms with Crippen LogP contribution in [0.25, 0.3) is 11.3 Å². The Kier molecular flexibility index (Phi) is 9.26. The number of nitrogens with zero attached hydrogens (tertiary/aromatic N) is 3. The molecular formula is C24H34N4O5. The zero-order chi connectivity index (χ0) is 23.6. The highest BCUT2D eigenvalue weighted by Crippen LogP contribution is 2.25. The van der Waals surface area contributed by atoms with Crippen LogP contribution in [0, 0.1) is 5.92 Å². The molecule has 0 unspecified atom stereocenters. The quantitative estimate of drug-likeness (QED) is 0.552. The van der Waals surface area contributed by atoms with Gasteiger partial charge in [-0.2, -0.15) is 0 Å². The van der Waals surface area contributed by atoms with Gasteiger partial charge in [-0.05, 0) is 18.1 Å². The fourth-order valence-electron chi connectivity index (χ4n) is 3.67. The van der Waals surface area contributed by atoms with Crippen molar-refractivity contribution in [3.63, 3.8) is 0 Å². The van der Waals surface area contributed by atoms with Gasteiger partial charge in [-0.1, -0.05) is 31.1 Å². The molecule has 1 fully saturated rings. The zero-order valence-corrected chi connectivity index (χ0v) is 19.7. The van der Waals surface area contributed by atoms with Crippen molar-refractivity contribution in [2.24, 2.45) is 5.92 Å². The smallest absolute Gasteiger partial charge is 0.276 e. The monoisotopic (exact) mass is 458 g/mol. The van der Waals surface area contributed by atoms with Crippen LogP contribution in [0.3, 0.4) is 0 Å². The molecule has 33 heavy (non-hydrogen) atoms. The SMILES string of the molecule is COc1cccc(-c2cc(C(=O)N(CCC(=O)NCCN3CCOCC3)CC(C)C)no2)c1. The van der Waals surface area contributed by atoms with Gasteiger partial charge in [-0.15, -0.1) is 0 Å². The fraction of sp³-hybridized carbons (Fsp3) is 0.542. The third-order valence-corrected chi connectivity index (χ3v) is 5.42. The molecule has 1 saturated heterocycles. The lowest BCUT2D eigenvalue weighted by Gasteiger charge is -2.26. The van der Waals surface area contributed by atoms with Crippen molar-refractivity contribution >= 4 is 11.8 Å². The highest BCUT2D eigenvalue weighted by atomic mass is 16.5. The number of hydrogen-bond acceptors (Lipinski definition) is 7. The predicted molar refractivity (Wildman–Crippen MR) is 124 cm³/mol. The lowest BCUT2D eigenvalue weighted by atomic mass is 10.1. The van der Waals surface area contributed by atoms with E-state index in [4.69, 9.17) is 14.0 Å². The molecule has 0 atom stereocenters. The second-order valence-electron chi connectivity index (χ2n) is 8.51. The van der Waals surface area contributed by atoms with E-state index in [1.165, 1.54) is 0 Å². The Morgan fingerprint density at radius 2 is 2.03 bits per heavy atom. The van der Waals surface area contributed by atoms with Gasteiger partial charge in [0, 0.05) is 57.3 Å². The van der Waals surface area contributed by atoms with Gasteiger partial charge >= 0.3 is 0 Å². The molecule has 0 bridgehead atoms. The predicted octanol–water partition coefficient (Wildman–Crippen LogP) is 2.29. The maximum atomic E-state index is 13.1. The van der Waals surface area contributed by atoms with Gasteiger partial charge in [-0.3, -0.25) is 14.5 Å². The van der Waals surface area contributed by atoms with Crippen LogP contribution in [-0.2, 0) is 9.53 Å². The summed E-state index contributed by atoms with van der Waals surface area (Å²) < 4.78 is 16.0. The van der Waals surface area contributed by atoms with E-state index in [2.05, 4.69) is 15.4 Å². The third kappa shape index (κ3) is 7.57. The van der Waals surface area contributed by atoms with E-state index in [0.717, 1.165) is 38.4 Å². The van der Waals surface area contributed by atoms with Crippen LogP contribution < -0.4 is 10.1 Å². The number of ether oxygens (including phenoxy) is 2. The van der Waals surface area contributed by atoms with E-state index < -0.39 is 0 Å². The number of rotatable bonds is 11. The van der Waals surface area contributed by atoms with Crippen molar-refractivity contribution in [1.29, 1.82) is 0 Å². The Hall–Kier alpha value is -2.91. The normalized spacial score (nSPS) is 14.3. The van der Waals surface area contributed by atoms with E-state index in [9.17, 15) is 9.59 Å². The van der Waals surface area contributed by atoms with Gasteiger partial charge < -0.3 is 24.2 Å². The molecule has 1 aliphatic rings. The van der Waals surface area contributed by atoms with Gasteiger partial charge in [-0.25, -0.2) is 0 Å². The van der Waals surface area contributed by atoms with Crippen molar-refractivity contribution in [3.05, 3.63) is 36.0 Å². The summed E-state index contributed by atoms with van der Waals surface area (Å²) in [7, 11) is 1.59. The number of methoxy groups -OCH3 is 1. The summed E-state index contributed by atoms with van der Waals surface area (Å²) in [4.78, 5) is 29.4. The molecule has 2 heterocycles. The van der Waals surface area contributed by atoms with Gasteiger partial charge in [0.05, 0.1) is 20.3 Å². The topological polar surface area (TPSA) is 97.1 Å². The molecule has 2 amide bonds. The van der Waals surface area contributed by atoms with Gasteiger partial charge in [0.25, 0.3) is 5.91 Å². The second-order valence-corrected chi connectivity index (χ2v) is 8.51. The number of carbonyl (C=O) groups excluding carboxylic acids is 2. The summed E-state index contributed by atoms with van der Waals surface area (Å²) in [5.41, 5.74) is 0.997. The van der Waals surface area contributed by atoms with Crippen LogP contribution in [0.2, 0.25) is 0 Å². The molecule has 0 saturated carbocycles. The van der Waals surface area contributed by atoms with Crippen molar-refractivity contribution in [2.45, 2.75) is 20.3 Å². The van der Waals surface area contributed by atoms with Crippen LogP contribution >= 0.6 is 0 Å². The minimum atomic E-state index is -0.247. The number of nitrogens with one attached hydrogen (secondary N) is 1. The van der Waals surface area contributed by atoms with Crippen molar-refractivity contribution in [3.8, 4) is 17.1 Å². The number of benzene rings is 1. The summed E-state index contributed by atoms with van der Waals surface area (Å²) >= 11 is 0. The highest BCUT2D eigenvalue weighted by Gasteiger charge is 2.22. The summed E-state index contributed by atoms with van der Waals surface area (Å²) in [6.07, 6.45) is 0.238. The number of aromatic nitrogens is 1. The first-order valence-electron chi connectivity index (χ1n) is 11.4. The van der Waals surface area contributed by atoms with E-state index in [-0.39, 0.29) is 29.8 Å². The Bertz CT molecular complexity index is 908. The molecule has 1 aromatic heterocycles. The van der Waals surface area contributed by atoms with Crippen molar-refractivity contribution in [2.75, 3.05) is 59.6 Å². The lowest BCUT2D eigenvalue weighted by molar-refractivity contribution is -0.121. The molecule has 2 aromatic rings. The maximum Gasteiger partial charge on any atom is 0.276 e.